The van der Waals surface area contributed by atoms with Crippen molar-refractivity contribution in [2.45, 2.75) is 39.5 Å². The van der Waals surface area contributed by atoms with Crippen LogP contribution in [0.5, 0.6) is 0 Å². The van der Waals surface area contributed by atoms with E-state index in [1.54, 1.807) is 0 Å². The third-order valence-corrected chi connectivity index (χ3v) is 3.70. The Morgan fingerprint density at radius 3 is 2.23 bits per heavy atom. The number of para-hydroxylation sites is 1. The SMILES string of the molecule is C=CCN1C=[C]N(c2c(C(C)C)cccc2C(C)C)C1.[Au+].[Cl-].[HH]. The van der Waals surface area contributed by atoms with Crippen molar-refractivity contribution in [2.24, 2.45) is 0 Å². The van der Waals surface area contributed by atoms with E-state index < -0.39 is 0 Å². The van der Waals surface area contributed by atoms with E-state index in [0.717, 1.165) is 13.2 Å². The second-order valence-electron chi connectivity index (χ2n) is 5.98. The Morgan fingerprint density at radius 2 is 1.77 bits per heavy atom. The molecule has 0 saturated carbocycles. The minimum Gasteiger partial charge on any atom is -1.00 e. The van der Waals surface area contributed by atoms with E-state index >= 15 is 0 Å². The van der Waals surface area contributed by atoms with E-state index in [9.17, 15) is 0 Å². The molecule has 2 rings (SSSR count). The van der Waals surface area contributed by atoms with Crippen molar-refractivity contribution in [3.63, 3.8) is 0 Å². The third kappa shape index (κ3) is 4.66. The molecular formula is C18H27AuClN2. The van der Waals surface area contributed by atoms with Crippen LogP contribution < -0.4 is 17.3 Å². The summed E-state index contributed by atoms with van der Waals surface area (Å²) in [6, 6.07) is 6.66. The molecule has 0 saturated heterocycles. The maximum atomic E-state index is 3.81. The van der Waals surface area contributed by atoms with Crippen molar-refractivity contribution in [3.8, 4) is 0 Å². The van der Waals surface area contributed by atoms with Gasteiger partial charge in [-0.2, -0.15) is 0 Å². The van der Waals surface area contributed by atoms with Crippen LogP contribution in [0.3, 0.4) is 0 Å². The molecule has 127 valence electrons. The summed E-state index contributed by atoms with van der Waals surface area (Å²) in [5, 5.41) is 0. The summed E-state index contributed by atoms with van der Waals surface area (Å²) in [6.07, 6.45) is 7.35. The summed E-state index contributed by atoms with van der Waals surface area (Å²) in [6.45, 7) is 14.5. The van der Waals surface area contributed by atoms with Crippen molar-refractivity contribution in [3.05, 3.63) is 54.4 Å². The number of anilines is 1. The molecule has 4 heteroatoms. The number of halogens is 1. The molecule has 0 amide bonds. The normalized spacial score (nSPS) is 13.4. The van der Waals surface area contributed by atoms with E-state index in [-0.39, 0.29) is 36.2 Å². The van der Waals surface area contributed by atoms with Gasteiger partial charge in [0.25, 0.3) is 0 Å². The van der Waals surface area contributed by atoms with Gasteiger partial charge in [-0.3, -0.25) is 0 Å². The summed E-state index contributed by atoms with van der Waals surface area (Å²) in [7, 11) is 0. The Hall–Kier alpha value is -0.670. The van der Waals surface area contributed by atoms with Gasteiger partial charge in [-0.1, -0.05) is 52.0 Å². The van der Waals surface area contributed by atoms with Gasteiger partial charge < -0.3 is 22.2 Å². The van der Waals surface area contributed by atoms with Crippen LogP contribution in [0.4, 0.5) is 5.69 Å². The van der Waals surface area contributed by atoms with Crippen LogP contribution in [0.25, 0.3) is 0 Å². The van der Waals surface area contributed by atoms with E-state index in [4.69, 9.17) is 0 Å². The number of hydrogen-bond acceptors (Lipinski definition) is 2. The Bertz CT molecular complexity index is 491. The van der Waals surface area contributed by atoms with Gasteiger partial charge in [-0.15, -0.1) is 6.58 Å². The van der Waals surface area contributed by atoms with E-state index in [2.05, 4.69) is 68.5 Å². The van der Waals surface area contributed by atoms with Crippen LogP contribution in [0.15, 0.2) is 37.1 Å². The number of nitrogens with zero attached hydrogens (tertiary/aromatic N) is 2. The Balaban J connectivity index is 0. The van der Waals surface area contributed by atoms with Gasteiger partial charge in [0.05, 0.1) is 12.9 Å². The number of hydrogen-bond donors (Lipinski definition) is 0. The van der Waals surface area contributed by atoms with Gasteiger partial charge in [-0.25, -0.2) is 0 Å². The molecule has 0 N–H and O–H groups in total. The minimum absolute atomic E-state index is 0. The maximum Gasteiger partial charge on any atom is 1.00 e. The van der Waals surface area contributed by atoms with Crippen molar-refractivity contribution >= 4 is 5.69 Å². The molecule has 1 aliphatic rings. The first-order valence-corrected chi connectivity index (χ1v) is 7.39. The zero-order chi connectivity index (χ0) is 14.7. The fraction of sp³-hybridized carbons (Fsp3) is 0.444. The summed E-state index contributed by atoms with van der Waals surface area (Å²) in [4.78, 5) is 4.46. The summed E-state index contributed by atoms with van der Waals surface area (Å²) in [5.74, 6) is 1.03. The molecule has 0 atom stereocenters. The third-order valence-electron chi connectivity index (χ3n) is 3.70. The minimum atomic E-state index is 0. The molecular weight excluding hydrogens is 477 g/mol. The molecule has 1 aromatic rings. The molecule has 0 unspecified atom stereocenters. The molecule has 1 heterocycles. The van der Waals surface area contributed by atoms with Gasteiger partial charge in [0.15, 0.2) is 0 Å². The van der Waals surface area contributed by atoms with E-state index in [1.807, 2.05) is 12.3 Å². The number of rotatable bonds is 5. The molecule has 22 heavy (non-hydrogen) atoms. The van der Waals surface area contributed by atoms with Gasteiger partial charge >= 0.3 is 22.4 Å². The average molecular weight is 504 g/mol. The predicted molar refractivity (Wildman–Crippen MR) is 88.8 cm³/mol. The van der Waals surface area contributed by atoms with Gasteiger partial charge in [0, 0.05) is 19.9 Å². The monoisotopic (exact) mass is 503 g/mol. The molecule has 0 aromatic heterocycles. The first-order valence-electron chi connectivity index (χ1n) is 7.39. The van der Waals surface area contributed by atoms with Crippen LogP contribution in [-0.4, -0.2) is 18.1 Å². The molecule has 0 aliphatic carbocycles. The van der Waals surface area contributed by atoms with Crippen LogP contribution in [0.2, 0.25) is 0 Å². The standard InChI is InChI=1S/C18H25N2.Au.ClH.H2/c1-6-10-19-11-12-20(13-19)18-16(14(2)3)8-7-9-17(18)15(4)5;;;/h6-9,11,14-15H,1,10,13H2,2-5H3;;2*1H/q;+1;;/p-1. The molecule has 1 radical (unpaired) electrons. The Labute approximate surface area is 158 Å². The quantitative estimate of drug-likeness (QED) is 0.446. The first-order chi connectivity index (χ1) is 9.54. The smallest absolute Gasteiger partial charge is 1.00 e. The topological polar surface area (TPSA) is 6.48 Å². The molecule has 0 spiro atoms. The van der Waals surface area contributed by atoms with Gasteiger partial charge in [-0.05, 0) is 23.0 Å². The Morgan fingerprint density at radius 1 is 1.23 bits per heavy atom. The zero-order valence-corrected chi connectivity index (χ0v) is 16.7. The van der Waals surface area contributed by atoms with Crippen molar-refractivity contribution in [1.82, 2.24) is 4.90 Å². The summed E-state index contributed by atoms with van der Waals surface area (Å²) < 4.78 is 0. The van der Waals surface area contributed by atoms with Gasteiger partial charge in [0.1, 0.15) is 0 Å². The van der Waals surface area contributed by atoms with Crippen LogP contribution in [0, 0.1) is 6.20 Å². The molecule has 0 fully saturated rings. The van der Waals surface area contributed by atoms with Crippen LogP contribution in [0.1, 0.15) is 52.1 Å². The van der Waals surface area contributed by atoms with E-state index in [1.165, 1.54) is 16.8 Å². The van der Waals surface area contributed by atoms with Crippen LogP contribution >= 0.6 is 0 Å². The summed E-state index contributed by atoms with van der Waals surface area (Å²) >= 11 is 0. The molecule has 2 nitrogen and oxygen atoms in total. The number of benzene rings is 1. The zero-order valence-electron chi connectivity index (χ0n) is 13.7. The molecule has 0 bridgehead atoms. The van der Waals surface area contributed by atoms with Crippen molar-refractivity contribution in [1.29, 1.82) is 0 Å². The molecule has 1 aromatic carbocycles. The van der Waals surface area contributed by atoms with Crippen molar-refractivity contribution < 1.29 is 36.2 Å². The second-order valence-corrected chi connectivity index (χ2v) is 5.98. The van der Waals surface area contributed by atoms with Gasteiger partial charge in [0.2, 0.25) is 0 Å². The predicted octanol–water partition coefficient (Wildman–Crippen LogP) is 1.72. The second kappa shape index (κ2) is 9.46. The fourth-order valence-electron chi connectivity index (χ4n) is 2.65. The Kier molecular flexibility index (Phi) is 9.18. The molecule has 1 aliphatic heterocycles. The average Bonchev–Trinajstić information content (AvgIpc) is 2.86. The van der Waals surface area contributed by atoms with Crippen LogP contribution in [-0.2, 0) is 22.4 Å². The first kappa shape index (κ1) is 21.3. The largest absolute Gasteiger partial charge is 1.00 e. The maximum absolute atomic E-state index is 3.81. The van der Waals surface area contributed by atoms with E-state index in [0.29, 0.717) is 11.8 Å². The fourth-order valence-corrected chi connectivity index (χ4v) is 2.65. The van der Waals surface area contributed by atoms with Crippen molar-refractivity contribution in [2.75, 3.05) is 18.1 Å². The summed E-state index contributed by atoms with van der Waals surface area (Å²) in [5.41, 5.74) is 4.13.